The van der Waals surface area contributed by atoms with E-state index < -0.39 is 0 Å². The quantitative estimate of drug-likeness (QED) is 0.824. The van der Waals surface area contributed by atoms with Crippen molar-refractivity contribution in [2.75, 3.05) is 7.11 Å². The van der Waals surface area contributed by atoms with Crippen molar-refractivity contribution >= 4 is 0 Å². The first kappa shape index (κ1) is 12.1. The lowest BCUT2D eigenvalue weighted by Gasteiger charge is -2.23. The number of nitrogens with two attached hydrogens (primary N) is 1. The zero-order valence-electron chi connectivity index (χ0n) is 10.1. The predicted octanol–water partition coefficient (Wildman–Crippen LogP) is 2.93. The molecule has 0 aliphatic carbocycles. The number of ether oxygens (including phenoxy) is 1. The van der Waals surface area contributed by atoms with Gasteiger partial charge in [0.05, 0.1) is 7.11 Å². The SMILES string of the molecule is COc1ccc(C(C)CC(C)(C)N)cc1. The summed E-state index contributed by atoms with van der Waals surface area (Å²) in [4.78, 5) is 0. The van der Waals surface area contributed by atoms with E-state index in [9.17, 15) is 0 Å². The summed E-state index contributed by atoms with van der Waals surface area (Å²) in [6.45, 7) is 6.33. The molecule has 1 aromatic carbocycles. The summed E-state index contributed by atoms with van der Waals surface area (Å²) in [5.41, 5.74) is 7.21. The Morgan fingerprint density at radius 2 is 1.80 bits per heavy atom. The maximum atomic E-state index is 6.01. The van der Waals surface area contributed by atoms with Crippen LogP contribution in [0.5, 0.6) is 5.75 Å². The van der Waals surface area contributed by atoms with Crippen LogP contribution < -0.4 is 10.5 Å². The number of hydrogen-bond acceptors (Lipinski definition) is 2. The molecule has 0 fully saturated rings. The highest BCUT2D eigenvalue weighted by Crippen LogP contribution is 2.25. The highest BCUT2D eigenvalue weighted by Gasteiger charge is 2.16. The van der Waals surface area contributed by atoms with Crippen LogP contribution in [0, 0.1) is 0 Å². The normalized spacial score (nSPS) is 13.7. The summed E-state index contributed by atoms with van der Waals surface area (Å²) in [5, 5.41) is 0. The third-order valence-electron chi connectivity index (χ3n) is 2.52. The Bertz CT molecular complexity index is 297. The average molecular weight is 207 g/mol. The van der Waals surface area contributed by atoms with Crippen molar-refractivity contribution < 1.29 is 4.74 Å². The van der Waals surface area contributed by atoms with Gasteiger partial charge in [-0.2, -0.15) is 0 Å². The van der Waals surface area contributed by atoms with E-state index in [0.29, 0.717) is 5.92 Å². The molecule has 0 bridgehead atoms. The molecule has 0 aromatic heterocycles. The van der Waals surface area contributed by atoms with Crippen LogP contribution in [0.1, 0.15) is 38.7 Å². The van der Waals surface area contributed by atoms with E-state index >= 15 is 0 Å². The Labute approximate surface area is 92.4 Å². The van der Waals surface area contributed by atoms with Crippen LogP contribution in [0.4, 0.5) is 0 Å². The monoisotopic (exact) mass is 207 g/mol. The van der Waals surface area contributed by atoms with Crippen LogP contribution in [0.2, 0.25) is 0 Å². The van der Waals surface area contributed by atoms with Gasteiger partial charge in [0.1, 0.15) is 5.75 Å². The molecule has 1 unspecified atom stereocenters. The Morgan fingerprint density at radius 1 is 1.27 bits per heavy atom. The molecule has 0 heterocycles. The number of benzene rings is 1. The molecular formula is C13H21NO. The first-order valence-electron chi connectivity index (χ1n) is 5.35. The van der Waals surface area contributed by atoms with Crippen molar-refractivity contribution in [1.82, 2.24) is 0 Å². The fraction of sp³-hybridized carbons (Fsp3) is 0.538. The van der Waals surface area contributed by atoms with Crippen molar-refractivity contribution in [3.05, 3.63) is 29.8 Å². The molecule has 0 radical (unpaired) electrons. The molecule has 0 aliphatic heterocycles. The fourth-order valence-corrected chi connectivity index (χ4v) is 1.84. The highest BCUT2D eigenvalue weighted by atomic mass is 16.5. The summed E-state index contributed by atoms with van der Waals surface area (Å²) in [6, 6.07) is 8.20. The van der Waals surface area contributed by atoms with Crippen LogP contribution in [0.3, 0.4) is 0 Å². The number of methoxy groups -OCH3 is 1. The van der Waals surface area contributed by atoms with E-state index in [2.05, 4.69) is 32.9 Å². The van der Waals surface area contributed by atoms with Crippen LogP contribution >= 0.6 is 0 Å². The molecule has 2 heteroatoms. The molecule has 2 N–H and O–H groups in total. The van der Waals surface area contributed by atoms with Gasteiger partial charge in [-0.1, -0.05) is 19.1 Å². The molecule has 2 nitrogen and oxygen atoms in total. The minimum atomic E-state index is -0.112. The third-order valence-corrected chi connectivity index (χ3v) is 2.52. The Hall–Kier alpha value is -1.02. The van der Waals surface area contributed by atoms with Crippen LogP contribution in [0.15, 0.2) is 24.3 Å². The minimum Gasteiger partial charge on any atom is -0.497 e. The van der Waals surface area contributed by atoms with Crippen molar-refractivity contribution in [2.24, 2.45) is 5.73 Å². The van der Waals surface area contributed by atoms with Gasteiger partial charge in [-0.25, -0.2) is 0 Å². The smallest absolute Gasteiger partial charge is 0.118 e. The van der Waals surface area contributed by atoms with Crippen LogP contribution in [-0.4, -0.2) is 12.6 Å². The summed E-state index contributed by atoms with van der Waals surface area (Å²) in [7, 11) is 1.68. The standard InChI is InChI=1S/C13H21NO/c1-10(9-13(2,3)14)11-5-7-12(15-4)8-6-11/h5-8,10H,9,14H2,1-4H3. The molecular weight excluding hydrogens is 186 g/mol. The zero-order chi connectivity index (χ0) is 11.5. The lowest BCUT2D eigenvalue weighted by atomic mass is 9.88. The second-order valence-corrected chi connectivity index (χ2v) is 4.87. The molecule has 15 heavy (non-hydrogen) atoms. The Kier molecular flexibility index (Phi) is 3.75. The maximum absolute atomic E-state index is 6.01. The van der Waals surface area contributed by atoms with Gasteiger partial charge >= 0.3 is 0 Å². The molecule has 1 atom stereocenters. The van der Waals surface area contributed by atoms with Gasteiger partial charge in [-0.15, -0.1) is 0 Å². The highest BCUT2D eigenvalue weighted by molar-refractivity contribution is 5.29. The van der Waals surface area contributed by atoms with E-state index in [1.807, 2.05) is 12.1 Å². The van der Waals surface area contributed by atoms with E-state index in [1.165, 1.54) is 5.56 Å². The summed E-state index contributed by atoms with van der Waals surface area (Å²) in [6.07, 6.45) is 0.985. The summed E-state index contributed by atoms with van der Waals surface area (Å²) >= 11 is 0. The Morgan fingerprint density at radius 3 is 2.20 bits per heavy atom. The molecule has 0 amide bonds. The second-order valence-electron chi connectivity index (χ2n) is 4.87. The molecule has 0 saturated carbocycles. The van der Waals surface area contributed by atoms with E-state index in [-0.39, 0.29) is 5.54 Å². The fourth-order valence-electron chi connectivity index (χ4n) is 1.84. The van der Waals surface area contributed by atoms with Gasteiger partial charge in [0.25, 0.3) is 0 Å². The van der Waals surface area contributed by atoms with Crippen molar-refractivity contribution in [3.63, 3.8) is 0 Å². The maximum Gasteiger partial charge on any atom is 0.118 e. The largest absolute Gasteiger partial charge is 0.497 e. The van der Waals surface area contributed by atoms with Gasteiger partial charge < -0.3 is 10.5 Å². The topological polar surface area (TPSA) is 35.2 Å². The Balaban J connectivity index is 2.70. The number of hydrogen-bond donors (Lipinski definition) is 1. The molecule has 1 rings (SSSR count). The first-order chi connectivity index (χ1) is 6.92. The minimum absolute atomic E-state index is 0.112. The van der Waals surface area contributed by atoms with Crippen LogP contribution in [0.25, 0.3) is 0 Å². The molecule has 84 valence electrons. The third kappa shape index (κ3) is 3.92. The van der Waals surface area contributed by atoms with Gasteiger partial charge in [-0.3, -0.25) is 0 Å². The van der Waals surface area contributed by atoms with Gasteiger partial charge in [0, 0.05) is 5.54 Å². The molecule has 1 aromatic rings. The van der Waals surface area contributed by atoms with E-state index in [0.717, 1.165) is 12.2 Å². The number of rotatable bonds is 4. The average Bonchev–Trinajstić information content (AvgIpc) is 2.15. The van der Waals surface area contributed by atoms with Crippen molar-refractivity contribution in [1.29, 1.82) is 0 Å². The lowest BCUT2D eigenvalue weighted by molar-refractivity contribution is 0.413. The molecule has 0 saturated heterocycles. The van der Waals surface area contributed by atoms with Gasteiger partial charge in [0.2, 0.25) is 0 Å². The first-order valence-corrected chi connectivity index (χ1v) is 5.35. The molecule has 0 spiro atoms. The van der Waals surface area contributed by atoms with Crippen LogP contribution in [-0.2, 0) is 0 Å². The van der Waals surface area contributed by atoms with E-state index in [1.54, 1.807) is 7.11 Å². The predicted molar refractivity (Wildman–Crippen MR) is 64.3 cm³/mol. The zero-order valence-corrected chi connectivity index (χ0v) is 10.1. The van der Waals surface area contributed by atoms with Gasteiger partial charge in [-0.05, 0) is 43.9 Å². The second kappa shape index (κ2) is 4.67. The van der Waals surface area contributed by atoms with Crippen molar-refractivity contribution in [2.45, 2.75) is 38.6 Å². The summed E-state index contributed by atoms with van der Waals surface area (Å²) < 4.78 is 5.13. The van der Waals surface area contributed by atoms with E-state index in [4.69, 9.17) is 10.5 Å². The van der Waals surface area contributed by atoms with Gasteiger partial charge in [0.15, 0.2) is 0 Å². The summed E-state index contributed by atoms with van der Waals surface area (Å²) in [5.74, 6) is 1.38. The molecule has 0 aliphatic rings. The van der Waals surface area contributed by atoms with Crippen molar-refractivity contribution in [3.8, 4) is 5.75 Å². The lowest BCUT2D eigenvalue weighted by Crippen LogP contribution is -2.33.